The number of rotatable bonds is 1. The predicted octanol–water partition coefficient (Wildman–Crippen LogP) is 2.96. The van der Waals surface area contributed by atoms with E-state index in [1.165, 1.54) is 0 Å². The van der Waals surface area contributed by atoms with Crippen molar-refractivity contribution in [1.82, 2.24) is 14.8 Å². The van der Waals surface area contributed by atoms with Crippen molar-refractivity contribution in [2.24, 2.45) is 0 Å². The van der Waals surface area contributed by atoms with E-state index in [1.54, 1.807) is 17.1 Å². The summed E-state index contributed by atoms with van der Waals surface area (Å²) in [5.41, 5.74) is 3.16. The number of pyridine rings is 1. The molecule has 0 N–H and O–H groups in total. The van der Waals surface area contributed by atoms with E-state index < -0.39 is 0 Å². The molecule has 1 aromatic carbocycles. The molecule has 0 unspecified atom stereocenters. The number of nitrogens with zero attached hydrogens (tertiary/aromatic N) is 3. The quantitative estimate of drug-likeness (QED) is 0.440. The maximum Gasteiger partial charge on any atom is 0.112 e. The molecule has 5 heteroatoms. The van der Waals surface area contributed by atoms with E-state index in [2.05, 4.69) is 16.1 Å². The molecule has 0 aliphatic carbocycles. The van der Waals surface area contributed by atoms with Gasteiger partial charge in [-0.2, -0.15) is 5.10 Å². The number of aromatic nitrogens is 3. The summed E-state index contributed by atoms with van der Waals surface area (Å²) in [7, 11) is 0. The first kappa shape index (κ1) is 12.1. The van der Waals surface area contributed by atoms with E-state index in [0.717, 1.165) is 22.2 Å². The Hall–Kier alpha value is -1.97. The third-order valence-electron chi connectivity index (χ3n) is 2.91. The molecule has 0 fully saturated rings. The van der Waals surface area contributed by atoms with E-state index in [4.69, 9.17) is 4.42 Å². The molecule has 4 rings (SSSR count). The number of para-hydroxylation sites is 1. The van der Waals surface area contributed by atoms with Gasteiger partial charge >= 0.3 is 0 Å². The normalized spacial score (nSPS) is 10.7. The molecule has 4 aromatic rings. The van der Waals surface area contributed by atoms with Crippen LogP contribution in [-0.4, -0.2) is 14.8 Å². The van der Waals surface area contributed by atoms with Crippen LogP contribution in [0.25, 0.3) is 27.8 Å². The van der Waals surface area contributed by atoms with Gasteiger partial charge in [-0.3, -0.25) is 9.67 Å². The molecule has 19 heavy (non-hydrogen) atoms. The van der Waals surface area contributed by atoms with Crippen molar-refractivity contribution in [3.63, 3.8) is 0 Å². The fraction of sp³-hybridized carbons (Fsp3) is 0. The van der Waals surface area contributed by atoms with Crippen LogP contribution in [0.5, 0.6) is 0 Å². The topological polar surface area (TPSA) is 43.9 Å². The Morgan fingerprint density at radius 1 is 1.16 bits per heavy atom. The zero-order valence-electron chi connectivity index (χ0n) is 9.70. The standard InChI is InChI=1S/C14H8N3O.Ir/c1-2-5-12-10(4-1)13-14(18-12)11(6-8-15-13)17-9-3-7-16-17;/h1-5,7-9H;/q-1;. The minimum atomic E-state index is 0. The van der Waals surface area contributed by atoms with Crippen LogP contribution in [0.1, 0.15) is 0 Å². The van der Waals surface area contributed by atoms with Crippen LogP contribution in [0.3, 0.4) is 0 Å². The number of benzene rings is 1. The fourth-order valence-corrected chi connectivity index (χ4v) is 2.12. The molecule has 0 saturated heterocycles. The summed E-state index contributed by atoms with van der Waals surface area (Å²) in [6, 6.07) is 12.8. The predicted molar refractivity (Wildman–Crippen MR) is 67.5 cm³/mol. The molecule has 0 saturated carbocycles. The van der Waals surface area contributed by atoms with Gasteiger partial charge in [0.05, 0.1) is 0 Å². The molecule has 4 nitrogen and oxygen atoms in total. The molecule has 0 amide bonds. The second kappa shape index (κ2) is 4.61. The smallest absolute Gasteiger partial charge is 0.112 e. The Labute approximate surface area is 122 Å². The summed E-state index contributed by atoms with van der Waals surface area (Å²) < 4.78 is 7.58. The molecule has 0 bridgehead atoms. The summed E-state index contributed by atoms with van der Waals surface area (Å²) >= 11 is 0. The number of furan rings is 1. The van der Waals surface area contributed by atoms with Crippen LogP contribution in [0, 0.1) is 6.07 Å². The monoisotopic (exact) mass is 427 g/mol. The molecule has 1 radical (unpaired) electrons. The van der Waals surface area contributed by atoms with Gasteiger partial charge in [-0.05, 0) is 12.1 Å². The first-order valence-corrected chi connectivity index (χ1v) is 5.61. The van der Waals surface area contributed by atoms with E-state index >= 15 is 0 Å². The van der Waals surface area contributed by atoms with Crippen molar-refractivity contribution in [2.75, 3.05) is 0 Å². The van der Waals surface area contributed by atoms with Gasteiger partial charge in [0.25, 0.3) is 0 Å². The third kappa shape index (κ3) is 1.79. The van der Waals surface area contributed by atoms with E-state index in [-0.39, 0.29) is 20.1 Å². The maximum atomic E-state index is 5.85. The van der Waals surface area contributed by atoms with Crippen LogP contribution in [0.15, 0.2) is 53.3 Å². The first-order chi connectivity index (χ1) is 8.93. The Kier molecular flexibility index (Phi) is 2.93. The summed E-state index contributed by atoms with van der Waals surface area (Å²) in [4.78, 5) is 4.35. The second-order valence-electron chi connectivity index (χ2n) is 3.98. The summed E-state index contributed by atoms with van der Waals surface area (Å²) in [5, 5.41) is 5.21. The van der Waals surface area contributed by atoms with E-state index in [1.807, 2.05) is 36.5 Å². The number of hydrogen-bond donors (Lipinski definition) is 0. The van der Waals surface area contributed by atoms with Gasteiger partial charge in [-0.25, -0.2) is 6.07 Å². The van der Waals surface area contributed by atoms with Gasteiger partial charge in [0.2, 0.25) is 0 Å². The molecule has 0 aliphatic rings. The molecule has 3 aromatic heterocycles. The van der Waals surface area contributed by atoms with Crippen LogP contribution in [-0.2, 0) is 20.1 Å². The van der Waals surface area contributed by atoms with Crippen LogP contribution < -0.4 is 0 Å². The largest absolute Gasteiger partial charge is 0.541 e. The molecule has 0 spiro atoms. The zero-order chi connectivity index (χ0) is 11.9. The summed E-state index contributed by atoms with van der Waals surface area (Å²) in [6.07, 6.45) is 5.24. The van der Waals surface area contributed by atoms with Gasteiger partial charge in [-0.1, -0.05) is 30.1 Å². The van der Waals surface area contributed by atoms with E-state index in [0.29, 0.717) is 5.58 Å². The first-order valence-electron chi connectivity index (χ1n) is 5.61. The minimum Gasteiger partial charge on any atom is -0.541 e. The summed E-state index contributed by atoms with van der Waals surface area (Å²) in [6.45, 7) is 0. The Morgan fingerprint density at radius 2 is 2.05 bits per heavy atom. The second-order valence-corrected chi connectivity index (χ2v) is 3.98. The van der Waals surface area contributed by atoms with Crippen molar-refractivity contribution in [3.8, 4) is 5.69 Å². The van der Waals surface area contributed by atoms with Crippen molar-refractivity contribution in [3.05, 3.63) is 55.0 Å². The molecule has 0 atom stereocenters. The number of fused-ring (bicyclic) bond motifs is 3. The Balaban J connectivity index is 0.00000110. The average Bonchev–Trinajstić information content (AvgIpc) is 3.05. The van der Waals surface area contributed by atoms with Gasteiger partial charge in [-0.15, -0.1) is 0 Å². The van der Waals surface area contributed by atoms with Crippen LogP contribution >= 0.6 is 0 Å². The van der Waals surface area contributed by atoms with Crippen LogP contribution in [0.4, 0.5) is 0 Å². The van der Waals surface area contributed by atoms with Gasteiger partial charge in [0, 0.05) is 49.0 Å². The minimum absolute atomic E-state index is 0. The molecule has 95 valence electrons. The SMILES string of the molecule is [Ir].[c-]1cnc2c(oc3ccccc32)c1-n1cccn1. The van der Waals surface area contributed by atoms with Crippen molar-refractivity contribution < 1.29 is 24.5 Å². The van der Waals surface area contributed by atoms with Gasteiger partial charge in [0.1, 0.15) is 5.58 Å². The van der Waals surface area contributed by atoms with Crippen molar-refractivity contribution in [2.45, 2.75) is 0 Å². The molecule has 3 heterocycles. The molecular weight excluding hydrogens is 418 g/mol. The van der Waals surface area contributed by atoms with Crippen molar-refractivity contribution in [1.29, 1.82) is 0 Å². The van der Waals surface area contributed by atoms with E-state index in [9.17, 15) is 0 Å². The summed E-state index contributed by atoms with van der Waals surface area (Å²) in [5.74, 6) is 0. The Morgan fingerprint density at radius 3 is 2.89 bits per heavy atom. The fourth-order valence-electron chi connectivity index (χ4n) is 2.12. The third-order valence-corrected chi connectivity index (χ3v) is 2.91. The molecule has 0 aliphatic heterocycles. The average molecular weight is 426 g/mol. The zero-order valence-corrected chi connectivity index (χ0v) is 12.1. The van der Waals surface area contributed by atoms with Gasteiger partial charge < -0.3 is 4.42 Å². The number of hydrogen-bond acceptors (Lipinski definition) is 3. The van der Waals surface area contributed by atoms with Crippen molar-refractivity contribution >= 4 is 22.1 Å². The Bertz CT molecular complexity index is 836. The molecular formula is C14H8IrN3O-. The van der Waals surface area contributed by atoms with Crippen LogP contribution in [0.2, 0.25) is 0 Å². The van der Waals surface area contributed by atoms with Gasteiger partial charge in [0.15, 0.2) is 0 Å². The maximum absolute atomic E-state index is 5.85.